The Bertz CT molecular complexity index is 793. The lowest BCUT2D eigenvalue weighted by atomic mass is 10.2. The summed E-state index contributed by atoms with van der Waals surface area (Å²) >= 11 is 1.64. The minimum atomic E-state index is -0.243. The molecule has 0 aliphatic carbocycles. The molecule has 2 aromatic rings. The van der Waals surface area contributed by atoms with Gasteiger partial charge in [0.2, 0.25) is 5.91 Å². The minimum Gasteiger partial charge on any atom is -0.497 e. The first-order valence-electron chi connectivity index (χ1n) is 8.93. The van der Waals surface area contributed by atoms with E-state index in [1.54, 1.807) is 48.0 Å². The van der Waals surface area contributed by atoms with E-state index < -0.39 is 0 Å². The second kappa shape index (κ2) is 10.0. The molecule has 0 aromatic heterocycles. The second-order valence-corrected chi connectivity index (χ2v) is 7.88. The lowest BCUT2D eigenvalue weighted by Crippen LogP contribution is -2.38. The van der Waals surface area contributed by atoms with Crippen LogP contribution in [0, 0.1) is 0 Å². The fourth-order valence-electron chi connectivity index (χ4n) is 2.57. The molecule has 27 heavy (non-hydrogen) atoms. The van der Waals surface area contributed by atoms with Crippen LogP contribution >= 0.6 is 11.8 Å². The number of methoxy groups -OCH3 is 1. The molecule has 6 heteroatoms. The van der Waals surface area contributed by atoms with Crippen LogP contribution in [0.4, 0.5) is 5.69 Å². The van der Waals surface area contributed by atoms with Crippen molar-refractivity contribution in [3.63, 3.8) is 0 Å². The van der Waals surface area contributed by atoms with Gasteiger partial charge in [-0.15, -0.1) is 11.8 Å². The predicted molar refractivity (Wildman–Crippen MR) is 111 cm³/mol. The summed E-state index contributed by atoms with van der Waals surface area (Å²) in [6, 6.07) is 14.7. The molecule has 5 nitrogen and oxygen atoms in total. The zero-order chi connectivity index (χ0) is 19.8. The quantitative estimate of drug-likeness (QED) is 0.688. The van der Waals surface area contributed by atoms with Crippen molar-refractivity contribution in [2.24, 2.45) is 0 Å². The number of thioether (sulfide) groups is 1. The van der Waals surface area contributed by atoms with Gasteiger partial charge in [-0.05, 0) is 31.2 Å². The van der Waals surface area contributed by atoms with Crippen LogP contribution in [0.1, 0.15) is 31.1 Å². The molecule has 0 fully saturated rings. The van der Waals surface area contributed by atoms with Crippen molar-refractivity contribution in [1.29, 1.82) is 0 Å². The molecule has 0 aliphatic rings. The molecule has 0 spiro atoms. The number of nitrogens with zero attached hydrogens (tertiary/aromatic N) is 1. The van der Waals surface area contributed by atoms with Crippen molar-refractivity contribution in [3.05, 3.63) is 54.1 Å². The number of anilines is 1. The van der Waals surface area contributed by atoms with E-state index in [9.17, 15) is 9.59 Å². The number of hydrogen-bond donors (Lipinski definition) is 1. The average molecular weight is 387 g/mol. The van der Waals surface area contributed by atoms with E-state index >= 15 is 0 Å². The van der Waals surface area contributed by atoms with E-state index in [1.165, 1.54) is 0 Å². The Morgan fingerprint density at radius 3 is 2.56 bits per heavy atom. The SMILES string of the molecule is CCN(CC(=O)Nc1cccc(OC)c1)C(=O)c1ccccc1SC(C)C. The van der Waals surface area contributed by atoms with Gasteiger partial charge >= 0.3 is 0 Å². The van der Waals surface area contributed by atoms with Crippen molar-refractivity contribution >= 4 is 29.3 Å². The van der Waals surface area contributed by atoms with Gasteiger partial charge in [-0.2, -0.15) is 0 Å². The maximum absolute atomic E-state index is 13.0. The molecule has 0 unspecified atom stereocenters. The van der Waals surface area contributed by atoms with Crippen LogP contribution in [0.3, 0.4) is 0 Å². The van der Waals surface area contributed by atoms with Crippen LogP contribution in [-0.4, -0.2) is 42.2 Å². The summed E-state index contributed by atoms with van der Waals surface area (Å²) in [5, 5.41) is 3.18. The van der Waals surface area contributed by atoms with Gasteiger partial charge in [-0.3, -0.25) is 9.59 Å². The number of benzene rings is 2. The number of nitrogens with one attached hydrogen (secondary N) is 1. The topological polar surface area (TPSA) is 58.6 Å². The molecule has 0 saturated carbocycles. The highest BCUT2D eigenvalue weighted by Gasteiger charge is 2.20. The van der Waals surface area contributed by atoms with E-state index in [0.29, 0.717) is 28.8 Å². The van der Waals surface area contributed by atoms with E-state index in [4.69, 9.17) is 4.74 Å². The maximum atomic E-state index is 13.0. The first kappa shape index (κ1) is 20.8. The smallest absolute Gasteiger partial charge is 0.255 e. The molecule has 0 saturated heterocycles. The van der Waals surface area contributed by atoms with E-state index in [-0.39, 0.29) is 18.4 Å². The average Bonchev–Trinajstić information content (AvgIpc) is 2.65. The fraction of sp³-hybridized carbons (Fsp3) is 0.333. The van der Waals surface area contributed by atoms with Crippen molar-refractivity contribution in [2.45, 2.75) is 30.9 Å². The zero-order valence-electron chi connectivity index (χ0n) is 16.2. The number of ether oxygens (including phenoxy) is 1. The molecule has 0 atom stereocenters. The lowest BCUT2D eigenvalue weighted by Gasteiger charge is -2.22. The Morgan fingerprint density at radius 2 is 1.89 bits per heavy atom. The van der Waals surface area contributed by atoms with Crippen LogP contribution < -0.4 is 10.1 Å². The van der Waals surface area contributed by atoms with Gasteiger partial charge in [0.25, 0.3) is 5.91 Å². The lowest BCUT2D eigenvalue weighted by molar-refractivity contribution is -0.116. The summed E-state index contributed by atoms with van der Waals surface area (Å²) in [5.74, 6) is 0.283. The maximum Gasteiger partial charge on any atom is 0.255 e. The Morgan fingerprint density at radius 1 is 1.15 bits per heavy atom. The summed E-state index contributed by atoms with van der Waals surface area (Å²) in [5.41, 5.74) is 1.27. The van der Waals surface area contributed by atoms with E-state index in [0.717, 1.165) is 4.90 Å². The molecule has 0 radical (unpaired) electrons. The number of carbonyl (C=O) groups excluding carboxylic acids is 2. The van der Waals surface area contributed by atoms with Gasteiger partial charge in [0.05, 0.1) is 12.7 Å². The molecule has 2 rings (SSSR count). The third-order valence-corrected chi connectivity index (χ3v) is 4.92. The van der Waals surface area contributed by atoms with Gasteiger partial charge in [0.15, 0.2) is 0 Å². The highest BCUT2D eigenvalue weighted by molar-refractivity contribution is 8.00. The molecule has 0 heterocycles. The number of likely N-dealkylation sites (N-methyl/N-ethyl adjacent to an activating group) is 1. The Balaban J connectivity index is 2.10. The molecule has 0 aliphatic heterocycles. The third kappa shape index (κ3) is 6.03. The van der Waals surface area contributed by atoms with Crippen LogP contribution in [0.25, 0.3) is 0 Å². The molecule has 2 amide bonds. The van der Waals surface area contributed by atoms with Gasteiger partial charge in [-0.1, -0.05) is 32.0 Å². The van der Waals surface area contributed by atoms with Gasteiger partial charge in [-0.25, -0.2) is 0 Å². The Labute approximate surface area is 165 Å². The van der Waals surface area contributed by atoms with Crippen LogP contribution in [0.15, 0.2) is 53.4 Å². The molecular weight excluding hydrogens is 360 g/mol. The third-order valence-electron chi connectivity index (χ3n) is 3.84. The summed E-state index contributed by atoms with van der Waals surface area (Å²) in [6.45, 7) is 6.49. The summed E-state index contributed by atoms with van der Waals surface area (Å²) < 4.78 is 5.16. The number of carbonyl (C=O) groups is 2. The standard InChI is InChI=1S/C21H26N2O3S/c1-5-23(14-20(24)22-16-9-8-10-17(13-16)26-4)21(25)18-11-6-7-12-19(18)27-15(2)3/h6-13,15H,5,14H2,1-4H3,(H,22,24). The number of rotatable bonds is 8. The highest BCUT2D eigenvalue weighted by atomic mass is 32.2. The Kier molecular flexibility index (Phi) is 7.73. The predicted octanol–water partition coefficient (Wildman–Crippen LogP) is 4.30. The van der Waals surface area contributed by atoms with Crippen molar-refractivity contribution in [2.75, 3.05) is 25.5 Å². The van der Waals surface area contributed by atoms with E-state index in [2.05, 4.69) is 19.2 Å². The highest BCUT2D eigenvalue weighted by Crippen LogP contribution is 2.27. The molecule has 144 valence electrons. The van der Waals surface area contributed by atoms with Crippen molar-refractivity contribution in [3.8, 4) is 5.75 Å². The van der Waals surface area contributed by atoms with Gasteiger partial charge in [0.1, 0.15) is 12.3 Å². The van der Waals surface area contributed by atoms with Crippen LogP contribution in [-0.2, 0) is 4.79 Å². The number of amides is 2. The van der Waals surface area contributed by atoms with Crippen molar-refractivity contribution < 1.29 is 14.3 Å². The monoisotopic (exact) mass is 386 g/mol. The normalized spacial score (nSPS) is 10.6. The second-order valence-electron chi connectivity index (χ2n) is 6.26. The van der Waals surface area contributed by atoms with Gasteiger partial charge < -0.3 is 15.0 Å². The number of hydrogen-bond acceptors (Lipinski definition) is 4. The molecular formula is C21H26N2O3S. The molecule has 1 N–H and O–H groups in total. The van der Waals surface area contributed by atoms with Crippen LogP contribution in [0.5, 0.6) is 5.75 Å². The van der Waals surface area contributed by atoms with Gasteiger partial charge in [0, 0.05) is 28.4 Å². The van der Waals surface area contributed by atoms with E-state index in [1.807, 2.05) is 31.2 Å². The summed E-state index contributed by atoms with van der Waals surface area (Å²) in [4.78, 5) is 27.9. The van der Waals surface area contributed by atoms with Crippen molar-refractivity contribution in [1.82, 2.24) is 4.90 Å². The Hall–Kier alpha value is -2.47. The largest absolute Gasteiger partial charge is 0.497 e. The molecule has 0 bridgehead atoms. The van der Waals surface area contributed by atoms with Crippen LogP contribution in [0.2, 0.25) is 0 Å². The first-order valence-corrected chi connectivity index (χ1v) is 9.81. The summed E-state index contributed by atoms with van der Waals surface area (Å²) in [7, 11) is 1.57. The molecule has 2 aromatic carbocycles. The minimum absolute atomic E-state index is 0.00672. The fourth-order valence-corrected chi connectivity index (χ4v) is 3.52. The zero-order valence-corrected chi connectivity index (χ0v) is 17.0. The first-order chi connectivity index (χ1) is 12.9. The summed E-state index contributed by atoms with van der Waals surface area (Å²) in [6.07, 6.45) is 0.